The van der Waals surface area contributed by atoms with Crippen molar-refractivity contribution >= 4 is 11.3 Å². The maximum absolute atomic E-state index is 3.60. The predicted octanol–water partition coefficient (Wildman–Crippen LogP) is 4.31. The van der Waals surface area contributed by atoms with E-state index in [-0.39, 0.29) is 0 Å². The molecule has 0 aliphatic heterocycles. The van der Waals surface area contributed by atoms with Crippen molar-refractivity contribution in [3.63, 3.8) is 0 Å². The second-order valence-electron chi connectivity index (χ2n) is 5.63. The Hall–Kier alpha value is -1.16. The van der Waals surface area contributed by atoms with E-state index >= 15 is 0 Å². The molecular formula is C18H26N2S. The molecule has 21 heavy (non-hydrogen) atoms. The lowest BCUT2D eigenvalue weighted by Crippen LogP contribution is -2.37. The summed E-state index contributed by atoms with van der Waals surface area (Å²) in [5.74, 6) is 0. The van der Waals surface area contributed by atoms with E-state index in [1.165, 1.54) is 10.4 Å². The van der Waals surface area contributed by atoms with Crippen LogP contribution in [-0.2, 0) is 6.54 Å². The van der Waals surface area contributed by atoms with Crippen LogP contribution in [0.3, 0.4) is 0 Å². The first-order valence-electron chi connectivity index (χ1n) is 7.75. The summed E-state index contributed by atoms with van der Waals surface area (Å²) in [5.41, 5.74) is 1.39. The Labute approximate surface area is 132 Å². The Morgan fingerprint density at radius 2 is 1.86 bits per heavy atom. The normalized spacial score (nSPS) is 13.0. The highest BCUT2D eigenvalue weighted by atomic mass is 32.1. The topological polar surface area (TPSA) is 15.3 Å². The summed E-state index contributed by atoms with van der Waals surface area (Å²) in [5, 5.41) is 5.76. The van der Waals surface area contributed by atoms with Crippen LogP contribution in [0.1, 0.15) is 37.3 Å². The van der Waals surface area contributed by atoms with Gasteiger partial charge >= 0.3 is 0 Å². The number of likely N-dealkylation sites (N-methyl/N-ethyl adjacent to an activating group) is 1. The minimum absolute atomic E-state index is 0.417. The second-order valence-corrected chi connectivity index (χ2v) is 6.66. The number of nitrogens with zero attached hydrogens (tertiary/aromatic N) is 1. The van der Waals surface area contributed by atoms with Crippen molar-refractivity contribution in [2.24, 2.45) is 0 Å². The van der Waals surface area contributed by atoms with E-state index < -0.39 is 0 Å². The van der Waals surface area contributed by atoms with Gasteiger partial charge in [0.25, 0.3) is 0 Å². The summed E-state index contributed by atoms with van der Waals surface area (Å²) in [6.45, 7) is 9.72. The van der Waals surface area contributed by atoms with E-state index in [9.17, 15) is 0 Å². The Morgan fingerprint density at radius 3 is 2.43 bits per heavy atom. The van der Waals surface area contributed by atoms with Gasteiger partial charge in [-0.2, -0.15) is 0 Å². The lowest BCUT2D eigenvalue weighted by atomic mass is 10.0. The average molecular weight is 302 g/mol. The molecule has 0 spiro atoms. The molecule has 1 atom stereocenters. The number of rotatable bonds is 8. The fraction of sp³-hybridized carbons (Fsp3) is 0.444. The van der Waals surface area contributed by atoms with Crippen LogP contribution < -0.4 is 5.32 Å². The van der Waals surface area contributed by atoms with Crippen molar-refractivity contribution in [1.29, 1.82) is 0 Å². The number of hydrogen-bond acceptors (Lipinski definition) is 3. The van der Waals surface area contributed by atoms with Gasteiger partial charge in [-0.05, 0) is 23.6 Å². The largest absolute Gasteiger partial charge is 0.313 e. The van der Waals surface area contributed by atoms with Gasteiger partial charge in [-0.3, -0.25) is 4.90 Å². The summed E-state index contributed by atoms with van der Waals surface area (Å²) in [4.78, 5) is 3.98. The summed E-state index contributed by atoms with van der Waals surface area (Å²) >= 11 is 1.84. The number of nitrogens with one attached hydrogen (secondary N) is 1. The molecule has 0 fully saturated rings. The lowest BCUT2D eigenvalue weighted by Gasteiger charge is -2.31. The van der Waals surface area contributed by atoms with Gasteiger partial charge in [-0.25, -0.2) is 0 Å². The van der Waals surface area contributed by atoms with Gasteiger partial charge in [0.2, 0.25) is 0 Å². The lowest BCUT2D eigenvalue weighted by molar-refractivity contribution is 0.193. The van der Waals surface area contributed by atoms with Gasteiger partial charge in [-0.15, -0.1) is 11.3 Å². The van der Waals surface area contributed by atoms with Crippen LogP contribution in [0.25, 0.3) is 0 Å². The molecule has 0 saturated heterocycles. The van der Waals surface area contributed by atoms with Crippen molar-refractivity contribution in [2.75, 3.05) is 13.1 Å². The summed E-state index contributed by atoms with van der Waals surface area (Å²) in [7, 11) is 0. The number of thiophene rings is 1. The van der Waals surface area contributed by atoms with Crippen LogP contribution in [0.2, 0.25) is 0 Å². The molecule has 0 saturated carbocycles. The van der Waals surface area contributed by atoms with Crippen LogP contribution in [0.15, 0.2) is 47.8 Å². The molecule has 1 heterocycles. The fourth-order valence-corrected chi connectivity index (χ4v) is 3.25. The average Bonchev–Trinajstić information content (AvgIpc) is 3.00. The predicted molar refractivity (Wildman–Crippen MR) is 92.7 cm³/mol. The Balaban J connectivity index is 2.15. The molecular weight excluding hydrogens is 276 g/mol. The van der Waals surface area contributed by atoms with Gasteiger partial charge in [-0.1, -0.05) is 57.2 Å². The van der Waals surface area contributed by atoms with Crippen molar-refractivity contribution in [3.05, 3.63) is 58.3 Å². The van der Waals surface area contributed by atoms with Gasteiger partial charge in [0.05, 0.1) is 0 Å². The minimum Gasteiger partial charge on any atom is -0.313 e. The zero-order valence-corrected chi connectivity index (χ0v) is 14.1. The molecule has 3 heteroatoms. The first-order chi connectivity index (χ1) is 10.2. The second kappa shape index (κ2) is 8.32. The highest BCUT2D eigenvalue weighted by Gasteiger charge is 2.19. The standard InChI is InChI=1S/C18H26N2S/c1-4-20(14-17-11-8-12-21-17)18(13-19-15(2)3)16-9-6-5-7-10-16/h5-12,15,18-19H,4,13-14H2,1-3H3. The first kappa shape index (κ1) is 16.2. The molecule has 2 aromatic rings. The van der Waals surface area contributed by atoms with Crippen molar-refractivity contribution < 1.29 is 0 Å². The van der Waals surface area contributed by atoms with Crippen LogP contribution in [0, 0.1) is 0 Å². The van der Waals surface area contributed by atoms with Gasteiger partial charge < -0.3 is 5.32 Å². The molecule has 1 unspecified atom stereocenters. The zero-order chi connectivity index (χ0) is 15.1. The maximum atomic E-state index is 3.60. The molecule has 0 radical (unpaired) electrons. The molecule has 1 aromatic carbocycles. The molecule has 2 nitrogen and oxygen atoms in total. The van der Waals surface area contributed by atoms with Crippen molar-refractivity contribution in [1.82, 2.24) is 10.2 Å². The van der Waals surface area contributed by atoms with Crippen molar-refractivity contribution in [2.45, 2.75) is 39.4 Å². The van der Waals surface area contributed by atoms with Gasteiger partial charge in [0.15, 0.2) is 0 Å². The molecule has 1 N–H and O–H groups in total. The third-order valence-electron chi connectivity index (χ3n) is 3.69. The summed E-state index contributed by atoms with van der Waals surface area (Å²) < 4.78 is 0. The van der Waals surface area contributed by atoms with Crippen LogP contribution in [-0.4, -0.2) is 24.0 Å². The Bertz CT molecular complexity index is 493. The maximum Gasteiger partial charge on any atom is 0.0476 e. The van der Waals surface area contributed by atoms with E-state index in [4.69, 9.17) is 0 Å². The third kappa shape index (κ3) is 4.95. The SMILES string of the molecule is CCN(Cc1cccs1)C(CNC(C)C)c1ccccc1. The quantitative estimate of drug-likeness (QED) is 0.781. The van der Waals surface area contributed by atoms with Gasteiger partial charge in [0, 0.05) is 30.1 Å². The first-order valence-corrected chi connectivity index (χ1v) is 8.63. The van der Waals surface area contributed by atoms with Crippen LogP contribution in [0.4, 0.5) is 0 Å². The molecule has 0 aliphatic rings. The van der Waals surface area contributed by atoms with E-state index in [0.717, 1.165) is 19.6 Å². The molecule has 0 aliphatic carbocycles. The molecule has 114 valence electrons. The monoisotopic (exact) mass is 302 g/mol. The molecule has 0 amide bonds. The van der Waals surface area contributed by atoms with Crippen LogP contribution in [0.5, 0.6) is 0 Å². The minimum atomic E-state index is 0.417. The number of benzene rings is 1. The van der Waals surface area contributed by atoms with E-state index in [2.05, 4.69) is 78.8 Å². The van der Waals surface area contributed by atoms with Gasteiger partial charge in [0.1, 0.15) is 0 Å². The van der Waals surface area contributed by atoms with Crippen molar-refractivity contribution in [3.8, 4) is 0 Å². The molecule has 2 rings (SSSR count). The zero-order valence-electron chi connectivity index (χ0n) is 13.3. The smallest absolute Gasteiger partial charge is 0.0476 e. The Kier molecular flexibility index (Phi) is 6.43. The molecule has 0 bridgehead atoms. The highest BCUT2D eigenvalue weighted by Crippen LogP contribution is 2.23. The van der Waals surface area contributed by atoms with E-state index in [1.54, 1.807) is 0 Å². The van der Waals surface area contributed by atoms with E-state index in [1.807, 2.05) is 11.3 Å². The summed E-state index contributed by atoms with van der Waals surface area (Å²) in [6.07, 6.45) is 0. The summed E-state index contributed by atoms with van der Waals surface area (Å²) in [6, 6.07) is 16.1. The van der Waals surface area contributed by atoms with Crippen LogP contribution >= 0.6 is 11.3 Å². The number of hydrogen-bond donors (Lipinski definition) is 1. The Morgan fingerprint density at radius 1 is 1.10 bits per heavy atom. The van der Waals surface area contributed by atoms with E-state index in [0.29, 0.717) is 12.1 Å². The highest BCUT2D eigenvalue weighted by molar-refractivity contribution is 7.09. The molecule has 1 aromatic heterocycles. The fourth-order valence-electron chi connectivity index (χ4n) is 2.53. The third-order valence-corrected chi connectivity index (χ3v) is 4.55.